The van der Waals surface area contributed by atoms with E-state index in [0.717, 1.165) is 25.7 Å². The first-order valence-corrected chi connectivity index (χ1v) is 8.21. The van der Waals surface area contributed by atoms with Crippen LogP contribution in [-0.4, -0.2) is 30.9 Å². The molecule has 1 saturated heterocycles. The molecule has 108 valence electrons. The SMILES string of the molecule is CCC1CCCN(S(=O)(=O)c2ccc(CO)o2)CC1. The van der Waals surface area contributed by atoms with Gasteiger partial charge in [0.1, 0.15) is 12.4 Å². The molecule has 0 bridgehead atoms. The van der Waals surface area contributed by atoms with Crippen LogP contribution in [0.2, 0.25) is 0 Å². The highest BCUT2D eigenvalue weighted by molar-refractivity contribution is 7.89. The molecule has 5 nitrogen and oxygen atoms in total. The molecule has 1 aromatic rings. The molecule has 1 fully saturated rings. The minimum Gasteiger partial charge on any atom is -0.446 e. The van der Waals surface area contributed by atoms with Crippen molar-refractivity contribution in [2.75, 3.05) is 13.1 Å². The molecule has 0 aliphatic carbocycles. The molecule has 0 aromatic carbocycles. The van der Waals surface area contributed by atoms with Crippen molar-refractivity contribution in [3.63, 3.8) is 0 Å². The number of nitrogens with zero attached hydrogens (tertiary/aromatic N) is 1. The van der Waals surface area contributed by atoms with Crippen LogP contribution in [0.4, 0.5) is 0 Å². The number of hydrogen-bond donors (Lipinski definition) is 1. The summed E-state index contributed by atoms with van der Waals surface area (Å²) in [6, 6.07) is 2.92. The van der Waals surface area contributed by atoms with Crippen LogP contribution < -0.4 is 0 Å². The molecule has 19 heavy (non-hydrogen) atoms. The van der Waals surface area contributed by atoms with Gasteiger partial charge in [0, 0.05) is 13.1 Å². The van der Waals surface area contributed by atoms with E-state index in [1.807, 2.05) is 0 Å². The monoisotopic (exact) mass is 287 g/mol. The van der Waals surface area contributed by atoms with Gasteiger partial charge in [-0.15, -0.1) is 0 Å². The van der Waals surface area contributed by atoms with Gasteiger partial charge in [-0.2, -0.15) is 4.31 Å². The summed E-state index contributed by atoms with van der Waals surface area (Å²) in [4.78, 5) is 0. The highest BCUT2D eigenvalue weighted by atomic mass is 32.2. The Morgan fingerprint density at radius 2 is 2.16 bits per heavy atom. The molecule has 6 heteroatoms. The van der Waals surface area contributed by atoms with Crippen LogP contribution in [0.15, 0.2) is 21.6 Å². The minimum absolute atomic E-state index is 0.0634. The van der Waals surface area contributed by atoms with Crippen LogP contribution in [-0.2, 0) is 16.6 Å². The smallest absolute Gasteiger partial charge is 0.276 e. The highest BCUT2D eigenvalue weighted by Crippen LogP contribution is 2.25. The predicted octanol–water partition coefficient (Wildman–Crippen LogP) is 1.97. The molecule has 0 saturated carbocycles. The van der Waals surface area contributed by atoms with Crippen LogP contribution in [0.1, 0.15) is 38.4 Å². The minimum atomic E-state index is -3.55. The maximum absolute atomic E-state index is 12.4. The van der Waals surface area contributed by atoms with E-state index < -0.39 is 10.0 Å². The van der Waals surface area contributed by atoms with E-state index in [9.17, 15) is 8.42 Å². The third-order valence-electron chi connectivity index (χ3n) is 3.77. The average molecular weight is 287 g/mol. The number of aliphatic hydroxyl groups excluding tert-OH is 1. The summed E-state index contributed by atoms with van der Waals surface area (Å²) in [6.07, 6.45) is 3.99. The second kappa shape index (κ2) is 6.07. The van der Waals surface area contributed by atoms with Gasteiger partial charge in [-0.25, -0.2) is 8.42 Å². The summed E-state index contributed by atoms with van der Waals surface area (Å²) in [7, 11) is -3.55. The van der Waals surface area contributed by atoms with E-state index >= 15 is 0 Å². The van der Waals surface area contributed by atoms with Gasteiger partial charge in [-0.3, -0.25) is 0 Å². The molecule has 1 N–H and O–H groups in total. The van der Waals surface area contributed by atoms with Crippen LogP contribution >= 0.6 is 0 Å². The van der Waals surface area contributed by atoms with Crippen molar-refractivity contribution >= 4 is 10.0 Å². The second-order valence-corrected chi connectivity index (χ2v) is 6.86. The van der Waals surface area contributed by atoms with Gasteiger partial charge in [0.15, 0.2) is 0 Å². The van der Waals surface area contributed by atoms with Gasteiger partial charge in [-0.05, 0) is 37.3 Å². The van der Waals surface area contributed by atoms with Crippen molar-refractivity contribution in [3.05, 3.63) is 17.9 Å². The lowest BCUT2D eigenvalue weighted by atomic mass is 9.98. The molecule has 2 rings (SSSR count). The lowest BCUT2D eigenvalue weighted by Crippen LogP contribution is -2.31. The zero-order chi connectivity index (χ0) is 13.9. The average Bonchev–Trinajstić information content (AvgIpc) is 2.76. The fraction of sp³-hybridized carbons (Fsp3) is 0.692. The van der Waals surface area contributed by atoms with Crippen LogP contribution in [0.5, 0.6) is 0 Å². The molecule has 0 spiro atoms. The summed E-state index contributed by atoms with van der Waals surface area (Å²) < 4.78 is 31.5. The quantitative estimate of drug-likeness (QED) is 0.919. The van der Waals surface area contributed by atoms with Crippen molar-refractivity contribution in [3.8, 4) is 0 Å². The van der Waals surface area contributed by atoms with Crippen molar-refractivity contribution in [2.24, 2.45) is 5.92 Å². The Morgan fingerprint density at radius 1 is 1.37 bits per heavy atom. The lowest BCUT2D eigenvalue weighted by Gasteiger charge is -2.18. The normalized spacial score (nSPS) is 22.3. The number of sulfonamides is 1. The Morgan fingerprint density at radius 3 is 2.79 bits per heavy atom. The maximum atomic E-state index is 12.4. The third kappa shape index (κ3) is 3.19. The van der Waals surface area contributed by atoms with Gasteiger partial charge in [0.25, 0.3) is 10.0 Å². The van der Waals surface area contributed by atoms with Gasteiger partial charge < -0.3 is 9.52 Å². The van der Waals surface area contributed by atoms with Crippen molar-refractivity contribution in [1.29, 1.82) is 0 Å². The van der Waals surface area contributed by atoms with E-state index in [1.54, 1.807) is 0 Å². The van der Waals surface area contributed by atoms with Crippen LogP contribution in [0.3, 0.4) is 0 Å². The summed E-state index contributed by atoms with van der Waals surface area (Å²) in [6.45, 7) is 2.96. The number of hydrogen-bond acceptors (Lipinski definition) is 4. The molecule has 1 aliphatic heterocycles. The van der Waals surface area contributed by atoms with Crippen molar-refractivity contribution < 1.29 is 17.9 Å². The zero-order valence-corrected chi connectivity index (χ0v) is 12.0. The Bertz CT molecular complexity index is 508. The van der Waals surface area contributed by atoms with E-state index in [2.05, 4.69) is 6.92 Å². The Labute approximate surface area is 114 Å². The van der Waals surface area contributed by atoms with Crippen LogP contribution in [0.25, 0.3) is 0 Å². The summed E-state index contributed by atoms with van der Waals surface area (Å²) in [5.41, 5.74) is 0. The number of furan rings is 1. The lowest BCUT2D eigenvalue weighted by molar-refractivity contribution is 0.235. The summed E-state index contributed by atoms with van der Waals surface area (Å²) in [5.74, 6) is 0.893. The van der Waals surface area contributed by atoms with E-state index in [4.69, 9.17) is 9.52 Å². The molecule has 0 radical (unpaired) electrons. The second-order valence-electron chi connectivity index (χ2n) is 4.99. The summed E-state index contributed by atoms with van der Waals surface area (Å²) >= 11 is 0. The van der Waals surface area contributed by atoms with Crippen molar-refractivity contribution in [1.82, 2.24) is 4.31 Å². The topological polar surface area (TPSA) is 70.8 Å². The third-order valence-corrected chi connectivity index (χ3v) is 5.54. The largest absolute Gasteiger partial charge is 0.446 e. The fourth-order valence-corrected chi connectivity index (χ4v) is 3.92. The molecule has 0 amide bonds. The first-order valence-electron chi connectivity index (χ1n) is 6.77. The first kappa shape index (κ1) is 14.6. The molecule has 1 unspecified atom stereocenters. The molecule has 1 aliphatic rings. The van der Waals surface area contributed by atoms with Gasteiger partial charge in [0.05, 0.1) is 0 Å². The van der Waals surface area contributed by atoms with E-state index in [-0.39, 0.29) is 17.5 Å². The highest BCUT2D eigenvalue weighted by Gasteiger charge is 2.29. The Balaban J connectivity index is 2.15. The van der Waals surface area contributed by atoms with Crippen LogP contribution in [0, 0.1) is 5.92 Å². The molecule has 2 heterocycles. The van der Waals surface area contributed by atoms with Gasteiger partial charge in [-0.1, -0.05) is 13.3 Å². The number of aliphatic hydroxyl groups is 1. The molecule has 1 aromatic heterocycles. The summed E-state index contributed by atoms with van der Waals surface area (Å²) in [5, 5.41) is 8.87. The Kier molecular flexibility index (Phi) is 4.65. The maximum Gasteiger partial charge on any atom is 0.276 e. The number of rotatable bonds is 4. The first-order chi connectivity index (χ1) is 9.07. The van der Waals surface area contributed by atoms with Gasteiger partial charge >= 0.3 is 0 Å². The molecular formula is C13H21NO4S. The fourth-order valence-electron chi connectivity index (χ4n) is 2.50. The van der Waals surface area contributed by atoms with E-state index in [0.29, 0.717) is 19.0 Å². The zero-order valence-electron chi connectivity index (χ0n) is 11.2. The molecule has 1 atom stereocenters. The predicted molar refractivity (Wildman–Crippen MR) is 71.0 cm³/mol. The standard InChI is InChI=1S/C13H21NO4S/c1-2-11-4-3-8-14(9-7-11)19(16,17)13-6-5-12(10-15)18-13/h5-6,11,15H,2-4,7-10H2,1H3. The van der Waals surface area contributed by atoms with Crippen molar-refractivity contribution in [2.45, 2.75) is 44.3 Å². The molecular weight excluding hydrogens is 266 g/mol. The van der Waals surface area contributed by atoms with Gasteiger partial charge in [0.2, 0.25) is 5.09 Å². The Hall–Kier alpha value is -0.850. The van der Waals surface area contributed by atoms with E-state index in [1.165, 1.54) is 16.4 Å².